The number of nitrogens with zero attached hydrogens (tertiary/aromatic N) is 3. The summed E-state index contributed by atoms with van der Waals surface area (Å²) in [6, 6.07) is 1.17. The Morgan fingerprint density at radius 2 is 2.20 bits per heavy atom. The molecule has 0 unspecified atom stereocenters. The van der Waals surface area contributed by atoms with Gasteiger partial charge in [-0.3, -0.25) is 14.9 Å². The minimum atomic E-state index is -1.04. The number of nitro groups is 1. The van der Waals surface area contributed by atoms with Gasteiger partial charge in [0, 0.05) is 18.3 Å². The van der Waals surface area contributed by atoms with Gasteiger partial charge in [-0.1, -0.05) is 24.4 Å². The minimum absolute atomic E-state index is 0.0292. The molecule has 1 aliphatic carbocycles. The van der Waals surface area contributed by atoms with Gasteiger partial charge in [-0.2, -0.15) is 0 Å². The summed E-state index contributed by atoms with van der Waals surface area (Å²) < 4.78 is 0. The summed E-state index contributed by atoms with van der Waals surface area (Å²) in [5, 5.41) is 20.3. The maximum absolute atomic E-state index is 11.1. The van der Waals surface area contributed by atoms with Crippen molar-refractivity contribution in [3.05, 3.63) is 27.4 Å². The van der Waals surface area contributed by atoms with Gasteiger partial charge in [0.05, 0.1) is 9.95 Å². The predicted octanol–water partition coefficient (Wildman–Crippen LogP) is 2.48. The summed E-state index contributed by atoms with van der Waals surface area (Å²) in [4.78, 5) is 27.0. The number of aliphatic carboxylic acids is 1. The first kappa shape index (κ1) is 14.5. The summed E-state index contributed by atoms with van der Waals surface area (Å²) in [5.74, 6) is -0.961. The Labute approximate surface area is 120 Å². The second-order valence-corrected chi connectivity index (χ2v) is 5.15. The zero-order valence-corrected chi connectivity index (χ0v) is 11.4. The van der Waals surface area contributed by atoms with Crippen LogP contribution in [0.4, 0.5) is 11.5 Å². The summed E-state index contributed by atoms with van der Waals surface area (Å²) in [6.45, 7) is -0.305. The number of hydrogen-bond donors (Lipinski definition) is 1. The molecule has 0 aromatic carbocycles. The van der Waals surface area contributed by atoms with Crippen molar-refractivity contribution in [1.29, 1.82) is 0 Å². The molecule has 0 amide bonds. The lowest BCUT2D eigenvalue weighted by molar-refractivity contribution is -0.384. The largest absolute Gasteiger partial charge is 0.480 e. The monoisotopic (exact) mass is 299 g/mol. The number of carboxylic acid groups (broad SMARTS) is 1. The highest BCUT2D eigenvalue weighted by atomic mass is 35.5. The molecule has 0 atom stereocenters. The fraction of sp³-hybridized carbons (Fsp3) is 0.500. The average molecular weight is 300 g/mol. The van der Waals surface area contributed by atoms with Crippen molar-refractivity contribution in [3.63, 3.8) is 0 Å². The van der Waals surface area contributed by atoms with Gasteiger partial charge in [-0.25, -0.2) is 4.98 Å². The Morgan fingerprint density at radius 3 is 2.75 bits per heavy atom. The number of carbonyl (C=O) groups is 1. The van der Waals surface area contributed by atoms with Crippen LogP contribution in [0.25, 0.3) is 0 Å². The fourth-order valence-corrected chi connectivity index (χ4v) is 2.67. The van der Waals surface area contributed by atoms with E-state index in [1.807, 2.05) is 0 Å². The predicted molar refractivity (Wildman–Crippen MR) is 73.1 cm³/mol. The minimum Gasteiger partial charge on any atom is -0.480 e. The van der Waals surface area contributed by atoms with Crippen LogP contribution in [0.1, 0.15) is 25.7 Å². The Balaban J connectivity index is 2.41. The van der Waals surface area contributed by atoms with E-state index in [2.05, 4.69) is 4.98 Å². The van der Waals surface area contributed by atoms with Gasteiger partial charge in [-0.15, -0.1) is 0 Å². The van der Waals surface area contributed by atoms with Crippen LogP contribution in [0.5, 0.6) is 0 Å². The number of rotatable bonds is 5. The van der Waals surface area contributed by atoms with Crippen molar-refractivity contribution in [2.75, 3.05) is 11.4 Å². The Kier molecular flexibility index (Phi) is 4.39. The maximum atomic E-state index is 11.1. The fourth-order valence-electron chi connectivity index (χ4n) is 2.52. The van der Waals surface area contributed by atoms with Crippen molar-refractivity contribution >= 4 is 29.1 Å². The third kappa shape index (κ3) is 3.16. The zero-order chi connectivity index (χ0) is 14.7. The Morgan fingerprint density at radius 1 is 1.55 bits per heavy atom. The summed E-state index contributed by atoms with van der Waals surface area (Å²) in [6.07, 6.45) is 4.90. The molecular weight excluding hydrogens is 286 g/mol. The molecule has 0 saturated heterocycles. The van der Waals surface area contributed by atoms with Gasteiger partial charge >= 0.3 is 11.7 Å². The number of carboxylic acids is 1. The second kappa shape index (κ2) is 6.04. The van der Waals surface area contributed by atoms with Crippen molar-refractivity contribution in [2.24, 2.45) is 0 Å². The SMILES string of the molecule is O=C(O)CN(c1ncc(Cl)cc1[N+](=O)[O-])C1CCCC1. The Bertz CT molecular complexity index is 531. The molecule has 1 aromatic rings. The highest BCUT2D eigenvalue weighted by Crippen LogP contribution is 2.33. The van der Waals surface area contributed by atoms with E-state index in [0.29, 0.717) is 0 Å². The number of pyridine rings is 1. The first-order valence-electron chi connectivity index (χ1n) is 6.27. The van der Waals surface area contributed by atoms with Gasteiger partial charge in [0.25, 0.3) is 0 Å². The van der Waals surface area contributed by atoms with E-state index in [1.165, 1.54) is 17.2 Å². The quantitative estimate of drug-likeness (QED) is 0.662. The van der Waals surface area contributed by atoms with E-state index in [1.54, 1.807) is 0 Å². The normalized spacial score (nSPS) is 15.2. The summed E-state index contributed by atoms with van der Waals surface area (Å²) in [7, 11) is 0. The summed E-state index contributed by atoms with van der Waals surface area (Å²) >= 11 is 5.73. The lowest BCUT2D eigenvalue weighted by Gasteiger charge is -2.27. The van der Waals surface area contributed by atoms with Gasteiger partial charge in [0.2, 0.25) is 5.82 Å². The van der Waals surface area contributed by atoms with E-state index in [4.69, 9.17) is 16.7 Å². The van der Waals surface area contributed by atoms with Crippen LogP contribution >= 0.6 is 11.6 Å². The number of halogens is 1. The zero-order valence-electron chi connectivity index (χ0n) is 10.7. The van der Waals surface area contributed by atoms with E-state index in [0.717, 1.165) is 25.7 Å². The lowest BCUT2D eigenvalue weighted by Crippen LogP contribution is -2.38. The van der Waals surface area contributed by atoms with Gasteiger partial charge in [-0.05, 0) is 12.8 Å². The van der Waals surface area contributed by atoms with Crippen LogP contribution in [-0.2, 0) is 4.79 Å². The van der Waals surface area contributed by atoms with Crippen molar-refractivity contribution < 1.29 is 14.8 Å². The number of anilines is 1. The van der Waals surface area contributed by atoms with Crippen LogP contribution in [0.2, 0.25) is 5.02 Å². The van der Waals surface area contributed by atoms with Crippen LogP contribution in [-0.4, -0.2) is 33.6 Å². The highest BCUT2D eigenvalue weighted by molar-refractivity contribution is 6.30. The molecule has 108 valence electrons. The van der Waals surface area contributed by atoms with Crippen LogP contribution in [0.15, 0.2) is 12.3 Å². The molecule has 1 saturated carbocycles. The molecule has 1 aromatic heterocycles. The average Bonchev–Trinajstić information content (AvgIpc) is 2.89. The van der Waals surface area contributed by atoms with E-state index >= 15 is 0 Å². The Hall–Kier alpha value is -1.89. The lowest BCUT2D eigenvalue weighted by atomic mass is 10.2. The van der Waals surface area contributed by atoms with Gasteiger partial charge in [0.15, 0.2) is 0 Å². The molecular formula is C12H14ClN3O4. The maximum Gasteiger partial charge on any atom is 0.323 e. The third-order valence-corrected chi connectivity index (χ3v) is 3.56. The van der Waals surface area contributed by atoms with Crippen molar-refractivity contribution in [1.82, 2.24) is 4.98 Å². The molecule has 20 heavy (non-hydrogen) atoms. The topological polar surface area (TPSA) is 96.6 Å². The van der Waals surface area contributed by atoms with E-state index in [9.17, 15) is 14.9 Å². The number of hydrogen-bond acceptors (Lipinski definition) is 5. The van der Waals surface area contributed by atoms with Gasteiger partial charge < -0.3 is 10.0 Å². The van der Waals surface area contributed by atoms with E-state index < -0.39 is 10.9 Å². The van der Waals surface area contributed by atoms with Crippen LogP contribution in [0.3, 0.4) is 0 Å². The molecule has 1 fully saturated rings. The first-order valence-corrected chi connectivity index (χ1v) is 6.65. The van der Waals surface area contributed by atoms with Crippen LogP contribution in [0, 0.1) is 10.1 Å². The molecule has 1 heterocycles. The van der Waals surface area contributed by atoms with E-state index in [-0.39, 0.29) is 29.1 Å². The standard InChI is InChI=1S/C12H14ClN3O4/c13-8-5-10(16(19)20)12(14-6-8)15(7-11(17)18)9-3-1-2-4-9/h5-6,9H,1-4,7H2,(H,17,18). The first-order chi connectivity index (χ1) is 9.49. The molecule has 8 heteroatoms. The molecule has 7 nitrogen and oxygen atoms in total. The molecule has 0 aliphatic heterocycles. The highest BCUT2D eigenvalue weighted by Gasteiger charge is 2.30. The molecule has 1 aliphatic rings. The molecule has 2 rings (SSSR count). The second-order valence-electron chi connectivity index (χ2n) is 4.71. The third-order valence-electron chi connectivity index (χ3n) is 3.35. The van der Waals surface area contributed by atoms with Crippen molar-refractivity contribution in [3.8, 4) is 0 Å². The van der Waals surface area contributed by atoms with Gasteiger partial charge in [0.1, 0.15) is 6.54 Å². The summed E-state index contributed by atoms with van der Waals surface area (Å²) in [5.41, 5.74) is -0.259. The molecule has 0 radical (unpaired) electrons. The number of aromatic nitrogens is 1. The molecule has 0 bridgehead atoms. The van der Waals surface area contributed by atoms with Crippen LogP contribution < -0.4 is 4.90 Å². The van der Waals surface area contributed by atoms with Crippen molar-refractivity contribution in [2.45, 2.75) is 31.7 Å². The molecule has 1 N–H and O–H groups in total. The smallest absolute Gasteiger partial charge is 0.323 e. The molecule has 0 spiro atoms.